The van der Waals surface area contributed by atoms with Crippen LogP contribution in [0.4, 0.5) is 0 Å². The maximum atomic E-state index is 10.9. The van der Waals surface area contributed by atoms with Gasteiger partial charge in [-0.05, 0) is 0 Å². The Bertz CT molecular complexity index is 187. The Hall–Kier alpha value is -0.610. The number of hydrogen-bond donors (Lipinski definition) is 0. The molecule has 11 heavy (non-hydrogen) atoms. The number of Topliss-reactive ketones (excluding diaryl/α,β-unsaturated/α-hetero) is 1. The van der Waals surface area contributed by atoms with Gasteiger partial charge in [-0.25, -0.2) is 5.32 Å². The highest BCUT2D eigenvalue weighted by atomic mass is 32.2. The van der Waals surface area contributed by atoms with Crippen molar-refractivity contribution in [1.82, 2.24) is 5.32 Å². The van der Waals surface area contributed by atoms with Gasteiger partial charge in [0, 0.05) is 6.54 Å². The molecule has 1 rings (SSSR count). The van der Waals surface area contributed by atoms with Crippen molar-refractivity contribution >= 4 is 22.7 Å². The lowest BCUT2D eigenvalue weighted by Crippen LogP contribution is -2.32. The van der Waals surface area contributed by atoms with Crippen LogP contribution in [0, 0.1) is 0 Å². The standard InChI is InChI=1S/C7H8NO2S/c1-2-3-8-6-5(9)4-11-7(6)10/h2,6H,1,3-4H2. The van der Waals surface area contributed by atoms with E-state index in [-0.39, 0.29) is 16.7 Å². The molecule has 0 amide bonds. The lowest BCUT2D eigenvalue weighted by atomic mass is 10.2. The van der Waals surface area contributed by atoms with Crippen molar-refractivity contribution in [2.24, 2.45) is 0 Å². The summed E-state index contributed by atoms with van der Waals surface area (Å²) in [7, 11) is 0. The minimum atomic E-state index is -0.710. The van der Waals surface area contributed by atoms with E-state index in [0.29, 0.717) is 6.54 Å². The highest BCUT2D eigenvalue weighted by Crippen LogP contribution is 2.16. The maximum absolute atomic E-state index is 10.9. The quantitative estimate of drug-likeness (QED) is 0.442. The number of rotatable bonds is 3. The SMILES string of the molecule is C=CC[N]C1C(=O)CSC1=O. The summed E-state index contributed by atoms with van der Waals surface area (Å²) in [5.74, 6) is 0.200. The molecule has 0 bridgehead atoms. The Morgan fingerprint density at radius 2 is 2.45 bits per heavy atom. The maximum Gasteiger partial charge on any atom is 0.215 e. The van der Waals surface area contributed by atoms with E-state index in [4.69, 9.17) is 0 Å². The van der Waals surface area contributed by atoms with Crippen molar-refractivity contribution in [1.29, 1.82) is 0 Å². The van der Waals surface area contributed by atoms with E-state index in [1.54, 1.807) is 6.08 Å². The third-order valence-corrected chi connectivity index (χ3v) is 2.24. The average Bonchev–Trinajstić information content (AvgIpc) is 2.29. The summed E-state index contributed by atoms with van der Waals surface area (Å²) in [5, 5.41) is 3.74. The van der Waals surface area contributed by atoms with Gasteiger partial charge in [-0.1, -0.05) is 17.8 Å². The van der Waals surface area contributed by atoms with Crippen LogP contribution >= 0.6 is 11.8 Å². The molecular weight excluding hydrogens is 162 g/mol. The zero-order chi connectivity index (χ0) is 8.27. The molecule has 1 aliphatic rings. The van der Waals surface area contributed by atoms with E-state index < -0.39 is 6.04 Å². The second-order valence-corrected chi connectivity index (χ2v) is 3.11. The van der Waals surface area contributed by atoms with Gasteiger partial charge in [0.1, 0.15) is 0 Å². The first kappa shape index (κ1) is 8.49. The van der Waals surface area contributed by atoms with Crippen LogP contribution in [-0.2, 0) is 9.59 Å². The van der Waals surface area contributed by atoms with Crippen molar-refractivity contribution in [3.8, 4) is 0 Å². The Morgan fingerprint density at radius 1 is 1.73 bits per heavy atom. The summed E-state index contributed by atoms with van der Waals surface area (Å²) in [4.78, 5) is 21.8. The zero-order valence-corrected chi connectivity index (χ0v) is 6.76. The molecule has 0 spiro atoms. The average molecular weight is 170 g/mol. The normalized spacial score (nSPS) is 24.2. The van der Waals surface area contributed by atoms with Gasteiger partial charge in [0.15, 0.2) is 11.8 Å². The molecule has 1 aliphatic heterocycles. The summed E-state index contributed by atoms with van der Waals surface area (Å²) >= 11 is 1.05. The molecule has 0 N–H and O–H groups in total. The summed E-state index contributed by atoms with van der Waals surface area (Å²) < 4.78 is 0. The Labute approximate surface area is 69.2 Å². The fourth-order valence-corrected chi connectivity index (χ4v) is 1.59. The van der Waals surface area contributed by atoms with Crippen LogP contribution in [0.2, 0.25) is 0 Å². The molecular formula is C7H8NO2S. The molecule has 0 aliphatic carbocycles. The lowest BCUT2D eigenvalue weighted by molar-refractivity contribution is -0.123. The van der Waals surface area contributed by atoms with Crippen LogP contribution < -0.4 is 5.32 Å². The summed E-state index contributed by atoms with van der Waals surface area (Å²) in [5.41, 5.74) is 0. The smallest absolute Gasteiger partial charge is 0.215 e. The minimum Gasteiger partial charge on any atom is -0.296 e. The number of ketones is 1. The molecule has 1 heterocycles. The van der Waals surface area contributed by atoms with E-state index in [0.717, 1.165) is 11.8 Å². The molecule has 1 atom stereocenters. The van der Waals surface area contributed by atoms with Crippen LogP contribution in [0.5, 0.6) is 0 Å². The largest absolute Gasteiger partial charge is 0.296 e. The molecule has 4 heteroatoms. The number of carbonyl (C=O) groups excluding carboxylic acids is 2. The Kier molecular flexibility index (Phi) is 2.84. The van der Waals surface area contributed by atoms with Crippen molar-refractivity contribution in [2.75, 3.05) is 12.3 Å². The first-order valence-corrected chi connectivity index (χ1v) is 4.21. The van der Waals surface area contributed by atoms with Gasteiger partial charge in [0.25, 0.3) is 0 Å². The Morgan fingerprint density at radius 3 is 2.91 bits per heavy atom. The van der Waals surface area contributed by atoms with Crippen molar-refractivity contribution in [3.63, 3.8) is 0 Å². The molecule has 1 unspecified atom stereocenters. The van der Waals surface area contributed by atoms with Gasteiger partial charge >= 0.3 is 0 Å². The van der Waals surface area contributed by atoms with Crippen molar-refractivity contribution < 1.29 is 9.59 Å². The second-order valence-electron chi connectivity index (χ2n) is 2.13. The highest BCUT2D eigenvalue weighted by molar-refractivity contribution is 8.15. The molecule has 1 fully saturated rings. The third kappa shape index (κ3) is 1.91. The molecule has 0 aromatic heterocycles. The predicted molar refractivity (Wildman–Crippen MR) is 43.5 cm³/mol. The van der Waals surface area contributed by atoms with E-state index >= 15 is 0 Å². The van der Waals surface area contributed by atoms with Gasteiger partial charge in [-0.15, -0.1) is 6.58 Å². The fraction of sp³-hybridized carbons (Fsp3) is 0.429. The molecule has 0 saturated carbocycles. The van der Waals surface area contributed by atoms with E-state index in [9.17, 15) is 9.59 Å². The number of carbonyl (C=O) groups is 2. The number of hydrogen-bond acceptors (Lipinski definition) is 3. The topological polar surface area (TPSA) is 48.2 Å². The molecule has 1 saturated heterocycles. The van der Waals surface area contributed by atoms with Crippen LogP contribution in [0.15, 0.2) is 12.7 Å². The molecule has 3 nitrogen and oxygen atoms in total. The van der Waals surface area contributed by atoms with Crippen molar-refractivity contribution in [2.45, 2.75) is 6.04 Å². The van der Waals surface area contributed by atoms with Crippen LogP contribution in [-0.4, -0.2) is 29.2 Å². The van der Waals surface area contributed by atoms with Gasteiger partial charge in [0.2, 0.25) is 5.12 Å². The summed E-state index contributed by atoms with van der Waals surface area (Å²) in [6.07, 6.45) is 1.57. The molecule has 0 aromatic carbocycles. The minimum absolute atomic E-state index is 0.0816. The van der Waals surface area contributed by atoms with E-state index in [1.807, 2.05) is 0 Å². The summed E-state index contributed by atoms with van der Waals surface area (Å²) in [6.45, 7) is 3.83. The lowest BCUT2D eigenvalue weighted by Gasteiger charge is -2.01. The third-order valence-electron chi connectivity index (χ3n) is 1.30. The van der Waals surface area contributed by atoms with Gasteiger partial charge in [0.05, 0.1) is 5.75 Å². The molecule has 59 valence electrons. The van der Waals surface area contributed by atoms with Crippen LogP contribution in [0.1, 0.15) is 0 Å². The second kappa shape index (κ2) is 3.69. The number of thioether (sulfide) groups is 1. The zero-order valence-electron chi connectivity index (χ0n) is 5.95. The Balaban J connectivity index is 2.47. The predicted octanol–water partition coefficient (Wildman–Crippen LogP) is -0.0121. The first-order chi connectivity index (χ1) is 5.25. The van der Waals surface area contributed by atoms with Crippen LogP contribution in [0.25, 0.3) is 0 Å². The van der Waals surface area contributed by atoms with Gasteiger partial charge < -0.3 is 0 Å². The first-order valence-electron chi connectivity index (χ1n) is 3.22. The van der Waals surface area contributed by atoms with E-state index in [1.165, 1.54) is 0 Å². The van der Waals surface area contributed by atoms with Gasteiger partial charge in [-0.3, -0.25) is 9.59 Å². The van der Waals surface area contributed by atoms with Crippen molar-refractivity contribution in [3.05, 3.63) is 12.7 Å². The fourth-order valence-electron chi connectivity index (χ4n) is 0.788. The number of nitrogens with zero attached hydrogens (tertiary/aromatic N) is 1. The molecule has 0 aromatic rings. The summed E-state index contributed by atoms with van der Waals surface area (Å²) in [6, 6.07) is -0.710. The van der Waals surface area contributed by atoms with E-state index in [2.05, 4.69) is 11.9 Å². The van der Waals surface area contributed by atoms with Gasteiger partial charge in [-0.2, -0.15) is 0 Å². The molecule has 1 radical (unpaired) electrons. The monoisotopic (exact) mass is 170 g/mol. The highest BCUT2D eigenvalue weighted by Gasteiger charge is 2.33. The van der Waals surface area contributed by atoms with Crippen LogP contribution in [0.3, 0.4) is 0 Å².